The molecule has 37 heavy (non-hydrogen) atoms. The monoisotopic (exact) mass is 501 g/mol. The lowest BCUT2D eigenvalue weighted by molar-refractivity contribution is -0.119. The standard InChI is InChI=1S/C29H32FN5O2/c1-29(2,37)12-11-21-3-6-23-7-10-25(28-32-13-14-35(28)26(23)16-21)33-19-27(36)34-18-22(17-31)15-20-4-8-24(30)9-5-20/h3-6,8-9,13-14,16-18,25,28,31-33,37H,7,10,15,19H2,1-2H3,(H,34,36)/b22-18-,31-17?. The Morgan fingerprint density at radius 1 is 1.30 bits per heavy atom. The van der Waals surface area contributed by atoms with Gasteiger partial charge in [-0.3, -0.25) is 4.79 Å². The van der Waals surface area contributed by atoms with E-state index in [1.54, 1.807) is 26.0 Å². The van der Waals surface area contributed by atoms with E-state index >= 15 is 0 Å². The zero-order chi connectivity index (χ0) is 26.4. The fourth-order valence-corrected chi connectivity index (χ4v) is 4.37. The van der Waals surface area contributed by atoms with Crippen molar-refractivity contribution in [2.75, 3.05) is 11.4 Å². The van der Waals surface area contributed by atoms with Crippen molar-refractivity contribution < 1.29 is 14.3 Å². The summed E-state index contributed by atoms with van der Waals surface area (Å²) in [5.41, 5.74) is 3.49. The molecule has 1 amide bonds. The van der Waals surface area contributed by atoms with Crippen LogP contribution < -0.4 is 20.9 Å². The number of hydrogen-bond donors (Lipinski definition) is 5. The maximum atomic E-state index is 13.1. The van der Waals surface area contributed by atoms with Crippen molar-refractivity contribution in [2.24, 2.45) is 0 Å². The smallest absolute Gasteiger partial charge is 0.237 e. The Morgan fingerprint density at radius 3 is 2.81 bits per heavy atom. The van der Waals surface area contributed by atoms with Gasteiger partial charge in [-0.1, -0.05) is 30.0 Å². The van der Waals surface area contributed by atoms with Gasteiger partial charge in [0, 0.05) is 48.5 Å². The van der Waals surface area contributed by atoms with Crippen LogP contribution in [0.1, 0.15) is 37.0 Å². The molecule has 2 atom stereocenters. The van der Waals surface area contributed by atoms with Gasteiger partial charge in [0.1, 0.15) is 17.6 Å². The molecule has 2 unspecified atom stereocenters. The molecule has 0 fully saturated rings. The van der Waals surface area contributed by atoms with Crippen LogP contribution in [0.2, 0.25) is 0 Å². The molecule has 0 bridgehead atoms. The number of aliphatic hydroxyl groups is 1. The SMILES string of the molecule is CC(C)(O)C#Cc1ccc2c(c1)N1C=CNC1C(NCC(=O)N/C=C(\C=N)Cc1ccc(F)cc1)CC2. The Bertz CT molecular complexity index is 1270. The summed E-state index contributed by atoms with van der Waals surface area (Å²) in [7, 11) is 0. The molecule has 0 spiro atoms. The van der Waals surface area contributed by atoms with Gasteiger partial charge >= 0.3 is 0 Å². The van der Waals surface area contributed by atoms with Gasteiger partial charge in [-0.15, -0.1) is 0 Å². The van der Waals surface area contributed by atoms with E-state index in [4.69, 9.17) is 5.41 Å². The highest BCUT2D eigenvalue weighted by molar-refractivity contribution is 5.82. The highest BCUT2D eigenvalue weighted by Crippen LogP contribution is 2.32. The van der Waals surface area contributed by atoms with E-state index in [-0.39, 0.29) is 30.5 Å². The zero-order valence-corrected chi connectivity index (χ0v) is 21.0. The van der Waals surface area contributed by atoms with E-state index < -0.39 is 5.60 Å². The van der Waals surface area contributed by atoms with Crippen LogP contribution in [0, 0.1) is 23.1 Å². The Morgan fingerprint density at radius 2 is 2.08 bits per heavy atom. The minimum atomic E-state index is -1.06. The first-order valence-corrected chi connectivity index (χ1v) is 12.3. The van der Waals surface area contributed by atoms with Gasteiger partial charge in [-0.25, -0.2) is 4.39 Å². The van der Waals surface area contributed by atoms with Crippen molar-refractivity contribution in [1.29, 1.82) is 5.41 Å². The van der Waals surface area contributed by atoms with Crippen molar-refractivity contribution in [3.8, 4) is 11.8 Å². The van der Waals surface area contributed by atoms with Gasteiger partial charge in [-0.2, -0.15) is 0 Å². The topological polar surface area (TPSA) is 100 Å². The largest absolute Gasteiger partial charge is 0.378 e. The molecule has 2 aromatic rings. The number of nitrogens with one attached hydrogen (secondary N) is 4. The highest BCUT2D eigenvalue weighted by atomic mass is 19.1. The number of carbonyl (C=O) groups excluding carboxylic acids is 1. The van der Waals surface area contributed by atoms with Crippen LogP contribution >= 0.6 is 0 Å². The first-order valence-electron chi connectivity index (χ1n) is 12.3. The second-order valence-corrected chi connectivity index (χ2v) is 9.75. The average Bonchev–Trinajstić information content (AvgIpc) is 3.30. The summed E-state index contributed by atoms with van der Waals surface area (Å²) in [5, 5.41) is 27.1. The number of carbonyl (C=O) groups is 1. The summed E-state index contributed by atoms with van der Waals surface area (Å²) >= 11 is 0. The number of rotatable bonds is 7. The van der Waals surface area contributed by atoms with Crippen molar-refractivity contribution in [3.63, 3.8) is 0 Å². The average molecular weight is 502 g/mol. The zero-order valence-electron chi connectivity index (χ0n) is 21.0. The second-order valence-electron chi connectivity index (χ2n) is 9.75. The molecular weight excluding hydrogens is 469 g/mol. The molecule has 7 nitrogen and oxygen atoms in total. The number of hydrogen-bond acceptors (Lipinski definition) is 6. The van der Waals surface area contributed by atoms with Crippen LogP contribution in [-0.4, -0.2) is 41.6 Å². The van der Waals surface area contributed by atoms with E-state index in [1.807, 2.05) is 24.5 Å². The number of aryl methyl sites for hydroxylation is 1. The van der Waals surface area contributed by atoms with Gasteiger partial charge < -0.3 is 31.4 Å². The normalized spacial score (nSPS) is 18.6. The number of amides is 1. The van der Waals surface area contributed by atoms with Gasteiger partial charge in [0.05, 0.1) is 6.54 Å². The molecule has 2 aliphatic rings. The molecule has 0 aromatic heterocycles. The maximum Gasteiger partial charge on any atom is 0.237 e. The fraction of sp³-hybridized carbons (Fsp3) is 0.310. The number of fused-ring (bicyclic) bond motifs is 3. The van der Waals surface area contributed by atoms with Crippen molar-refractivity contribution >= 4 is 17.8 Å². The summed E-state index contributed by atoms with van der Waals surface area (Å²) < 4.78 is 13.1. The number of benzene rings is 2. The van der Waals surface area contributed by atoms with Crippen LogP contribution in [0.25, 0.3) is 0 Å². The lowest BCUT2D eigenvalue weighted by Crippen LogP contribution is -2.53. The summed E-state index contributed by atoms with van der Waals surface area (Å²) in [6.07, 6.45) is 8.64. The Kier molecular flexibility index (Phi) is 8.07. The highest BCUT2D eigenvalue weighted by Gasteiger charge is 2.33. The number of allylic oxidation sites excluding steroid dienone is 1. The minimum absolute atomic E-state index is 0.00413. The Labute approximate surface area is 217 Å². The summed E-state index contributed by atoms with van der Waals surface area (Å²) in [6, 6.07) is 12.2. The molecule has 4 rings (SSSR count). The minimum Gasteiger partial charge on any atom is -0.378 e. The molecule has 8 heteroatoms. The number of anilines is 1. The molecule has 192 valence electrons. The number of nitrogens with zero attached hydrogens (tertiary/aromatic N) is 1. The van der Waals surface area contributed by atoms with E-state index in [0.717, 1.165) is 29.7 Å². The number of halogens is 1. The molecule has 0 radical (unpaired) electrons. The van der Waals surface area contributed by atoms with Crippen LogP contribution in [0.4, 0.5) is 10.1 Å². The quantitative estimate of drug-likeness (QED) is 0.297. The van der Waals surface area contributed by atoms with E-state index in [9.17, 15) is 14.3 Å². The molecule has 0 aliphatic carbocycles. The van der Waals surface area contributed by atoms with Crippen LogP contribution in [-0.2, 0) is 17.6 Å². The summed E-state index contributed by atoms with van der Waals surface area (Å²) in [5.74, 6) is 5.40. The molecule has 2 aliphatic heterocycles. The van der Waals surface area contributed by atoms with Crippen LogP contribution in [0.15, 0.2) is 66.6 Å². The van der Waals surface area contributed by atoms with E-state index in [0.29, 0.717) is 12.0 Å². The molecule has 0 saturated carbocycles. The van der Waals surface area contributed by atoms with Gasteiger partial charge in [0.2, 0.25) is 5.91 Å². The Balaban J connectivity index is 1.37. The van der Waals surface area contributed by atoms with Crippen LogP contribution in [0.3, 0.4) is 0 Å². The Hall–Kier alpha value is -3.93. The van der Waals surface area contributed by atoms with Gasteiger partial charge in [-0.05, 0) is 67.7 Å². The molecule has 0 saturated heterocycles. The first kappa shape index (κ1) is 26.1. The molecular formula is C29H32FN5O2. The van der Waals surface area contributed by atoms with Crippen molar-refractivity contribution in [3.05, 3.63) is 89.1 Å². The maximum absolute atomic E-state index is 13.1. The van der Waals surface area contributed by atoms with E-state index in [2.05, 4.69) is 38.8 Å². The summed E-state index contributed by atoms with van der Waals surface area (Å²) in [4.78, 5) is 14.7. The van der Waals surface area contributed by atoms with Gasteiger partial charge in [0.15, 0.2) is 0 Å². The van der Waals surface area contributed by atoms with Crippen molar-refractivity contribution in [1.82, 2.24) is 16.0 Å². The molecule has 2 aromatic carbocycles. The third-order valence-corrected chi connectivity index (χ3v) is 6.23. The predicted molar refractivity (Wildman–Crippen MR) is 143 cm³/mol. The molecule has 5 N–H and O–H groups in total. The lowest BCUT2D eigenvalue weighted by Gasteiger charge is -2.31. The van der Waals surface area contributed by atoms with Gasteiger partial charge in [0.25, 0.3) is 0 Å². The third-order valence-electron chi connectivity index (χ3n) is 6.23. The fourth-order valence-electron chi connectivity index (χ4n) is 4.37. The summed E-state index contributed by atoms with van der Waals surface area (Å²) in [6.45, 7) is 3.44. The third kappa shape index (κ3) is 7.06. The van der Waals surface area contributed by atoms with E-state index in [1.165, 1.54) is 30.1 Å². The first-order chi connectivity index (χ1) is 17.7. The second kappa shape index (κ2) is 11.4. The van der Waals surface area contributed by atoms with Crippen LogP contribution in [0.5, 0.6) is 0 Å². The predicted octanol–water partition coefficient (Wildman–Crippen LogP) is 2.95. The lowest BCUT2D eigenvalue weighted by atomic mass is 10.0. The van der Waals surface area contributed by atoms with Crippen molar-refractivity contribution in [2.45, 2.75) is 50.9 Å². The molecule has 2 heterocycles.